The fourth-order valence-electron chi connectivity index (χ4n) is 17.1. The molecule has 0 aromatic heterocycles. The average Bonchev–Trinajstić information content (AvgIpc) is 1.56. The highest BCUT2D eigenvalue weighted by Crippen LogP contribution is 2.59. The van der Waals surface area contributed by atoms with Crippen molar-refractivity contribution in [3.8, 4) is 0 Å². The maximum absolute atomic E-state index is 14.9. The van der Waals surface area contributed by atoms with Gasteiger partial charge in [0.15, 0.2) is 24.0 Å². The molecule has 0 bridgehead atoms. The predicted octanol–water partition coefficient (Wildman–Crippen LogP) is 10.7. The Kier molecular flexibility index (Phi) is 24.8. The Bertz CT molecular complexity index is 4040. The molecule has 4 amide bonds. The third-order valence-corrected chi connectivity index (χ3v) is 29.0. The first-order chi connectivity index (χ1) is 52.3. The molecule has 16 atom stereocenters. The summed E-state index contributed by atoms with van der Waals surface area (Å²) in [5, 5.41) is 34.7. The quantitative estimate of drug-likeness (QED) is 0.101. The molecule has 4 saturated carbocycles. The molecular formula is C84H120N8O18S2. The number of hydrogen-bond acceptors (Lipinski definition) is 22. The van der Waals surface area contributed by atoms with E-state index in [-0.39, 0.29) is 134 Å². The van der Waals surface area contributed by atoms with Gasteiger partial charge < -0.3 is 39.0 Å². The lowest BCUT2D eigenvalue weighted by Crippen LogP contribution is -2.48. The van der Waals surface area contributed by atoms with E-state index in [1.165, 1.54) is 9.80 Å². The highest BCUT2D eigenvalue weighted by molar-refractivity contribution is 7.92. The summed E-state index contributed by atoms with van der Waals surface area (Å²) in [6.45, 7) is 29.7. The predicted molar refractivity (Wildman–Crippen MR) is 420 cm³/mol. The minimum absolute atomic E-state index is 0.0169. The molecule has 6 heterocycles. The Hall–Kier alpha value is -7.56. The van der Waals surface area contributed by atoms with Gasteiger partial charge in [-0.3, -0.25) is 57.8 Å². The van der Waals surface area contributed by atoms with Crippen LogP contribution in [-0.4, -0.2) is 176 Å². The van der Waals surface area contributed by atoms with Crippen LogP contribution in [0.4, 0.5) is 0 Å². The zero-order valence-electron chi connectivity index (χ0n) is 68.2. The number of ether oxygens (including phenoxy) is 4. The summed E-state index contributed by atoms with van der Waals surface area (Å²) < 4.78 is 80.2. The number of sulfonamides is 2. The van der Waals surface area contributed by atoms with Crippen molar-refractivity contribution in [2.24, 2.45) is 68.4 Å². The summed E-state index contributed by atoms with van der Waals surface area (Å²) in [5.41, 5.74) is -1.67. The smallest absolute Gasteiger partial charge is 0.307 e. The van der Waals surface area contributed by atoms with Crippen LogP contribution < -0.4 is 9.44 Å². The van der Waals surface area contributed by atoms with Gasteiger partial charge >= 0.3 is 11.9 Å². The lowest BCUT2D eigenvalue weighted by molar-refractivity contribution is -0.160. The molecule has 2 saturated heterocycles. The van der Waals surface area contributed by atoms with Gasteiger partial charge in [0.2, 0.25) is 55.5 Å². The van der Waals surface area contributed by atoms with Crippen LogP contribution in [-0.2, 0) is 77.4 Å². The first-order valence-electron chi connectivity index (χ1n) is 40.5. The highest BCUT2D eigenvalue weighted by atomic mass is 32.2. The van der Waals surface area contributed by atoms with Crippen LogP contribution in [0.5, 0.6) is 0 Å². The number of aliphatic hydroxyl groups excluding tert-OH is 2. The second kappa shape index (κ2) is 32.6. The Morgan fingerprint density at radius 2 is 0.902 bits per heavy atom. The summed E-state index contributed by atoms with van der Waals surface area (Å²) in [5.74, 6) is -5.71. The number of aliphatic hydroxyl groups is 2. The number of rotatable bonds is 14. The fourth-order valence-corrected chi connectivity index (χ4v) is 19.8. The number of amides is 4. The van der Waals surface area contributed by atoms with Crippen molar-refractivity contribution >= 4 is 79.0 Å². The molecule has 6 aliphatic heterocycles. The van der Waals surface area contributed by atoms with E-state index < -0.39 is 124 Å². The van der Waals surface area contributed by atoms with Crippen molar-refractivity contribution in [1.29, 1.82) is 0 Å². The van der Waals surface area contributed by atoms with Crippen LogP contribution in [0, 0.1) is 58.2 Å². The van der Waals surface area contributed by atoms with Gasteiger partial charge in [-0.05, 0) is 208 Å². The van der Waals surface area contributed by atoms with Gasteiger partial charge in [0, 0.05) is 60.0 Å². The number of hydrogen-bond donors (Lipinski definition) is 4. The zero-order chi connectivity index (χ0) is 81.9. The molecule has 2 unspecified atom stereocenters. The normalized spacial score (nSPS) is 32.5. The van der Waals surface area contributed by atoms with Gasteiger partial charge in [-0.15, -0.1) is 10.2 Å². The molecule has 4 N–H and O–H groups in total. The largest absolute Gasteiger partial charge is 0.471 e. The van der Waals surface area contributed by atoms with Crippen molar-refractivity contribution in [3.05, 3.63) is 95.1 Å². The van der Waals surface area contributed by atoms with Crippen LogP contribution in [0.15, 0.2) is 83.0 Å². The number of Topliss-reactive ketones (excluding diaryl/α,β-unsaturated/α-hetero) is 2. The molecular weight excluding hydrogens is 1470 g/mol. The maximum Gasteiger partial charge on any atom is 0.307 e. The zero-order valence-corrected chi connectivity index (χ0v) is 69.9. The average molecular weight is 1590 g/mol. The number of carbonyl (C=O) groups is 8. The summed E-state index contributed by atoms with van der Waals surface area (Å²) in [6.07, 6.45) is 10.6. The lowest BCUT2D eigenvalue weighted by atomic mass is 9.82. The third kappa shape index (κ3) is 18.9. The molecule has 616 valence electrons. The lowest BCUT2D eigenvalue weighted by Gasteiger charge is -2.35. The highest BCUT2D eigenvalue weighted by Gasteiger charge is 2.65. The van der Waals surface area contributed by atoms with E-state index in [1.807, 2.05) is 90.1 Å². The van der Waals surface area contributed by atoms with Gasteiger partial charge in [0.1, 0.15) is 23.4 Å². The molecule has 28 heteroatoms. The molecule has 0 spiro atoms. The van der Waals surface area contributed by atoms with Crippen molar-refractivity contribution in [1.82, 2.24) is 29.3 Å². The number of allylic oxidation sites excluding steroid dienone is 4. The van der Waals surface area contributed by atoms with Crippen molar-refractivity contribution in [2.75, 3.05) is 13.1 Å². The molecule has 6 fully saturated rings. The minimum Gasteiger partial charge on any atom is -0.471 e. The summed E-state index contributed by atoms with van der Waals surface area (Å²) >= 11 is 0. The van der Waals surface area contributed by atoms with E-state index in [0.717, 1.165) is 12.8 Å². The Morgan fingerprint density at radius 3 is 1.23 bits per heavy atom. The summed E-state index contributed by atoms with van der Waals surface area (Å²) in [4.78, 5) is 117. The molecule has 4 aliphatic carbocycles. The second-order valence-corrected chi connectivity index (χ2v) is 41.5. The molecule has 26 nitrogen and oxygen atoms in total. The summed E-state index contributed by atoms with van der Waals surface area (Å²) in [6, 6.07) is 12.1. The standard InChI is InChI=1S/2C42H60N4O9S/c2*1-25(2)46-38(50)31-16-12-11-15-30(31)36(43-46)54-29-20-33-34(47)23-42(39(51)44-56(52,53)41(8)17-18-41)22-28(42)14-10-9-13-26(3)19-27(4)32(37(49)45(33)24-29)21-35(48)55-40(5,6)7/h2*10-12,14-16,25-29,32-33,38,50H,9,13,17-24H2,1-8H3,(H,44,51)/b2*14-10-/t26-,27+,28+,29+,32-,33-,38?,42+;26-,27-,28-,29-,32+,33+,38?,42-/m01/s1. The number of hydrazone groups is 2. The van der Waals surface area contributed by atoms with Crippen molar-refractivity contribution < 1.29 is 84.4 Å². The van der Waals surface area contributed by atoms with Crippen LogP contribution in [0.2, 0.25) is 0 Å². The number of nitrogens with zero attached hydrogens (tertiary/aromatic N) is 6. The Morgan fingerprint density at radius 1 is 0.554 bits per heavy atom. The van der Waals surface area contributed by atoms with Crippen LogP contribution in [0.1, 0.15) is 261 Å². The van der Waals surface area contributed by atoms with Gasteiger partial charge in [-0.1, -0.05) is 88.4 Å². The first-order valence-corrected chi connectivity index (χ1v) is 43.4. The molecule has 0 radical (unpaired) electrons. The van der Waals surface area contributed by atoms with Crippen molar-refractivity contribution in [3.63, 3.8) is 0 Å². The minimum atomic E-state index is -3.96. The monoisotopic (exact) mass is 1590 g/mol. The van der Waals surface area contributed by atoms with Crippen molar-refractivity contribution in [2.45, 2.75) is 296 Å². The third-order valence-electron chi connectivity index (χ3n) is 24.7. The molecule has 2 aromatic rings. The van der Waals surface area contributed by atoms with E-state index in [2.05, 4.69) is 33.5 Å². The van der Waals surface area contributed by atoms with Gasteiger partial charge in [-0.2, -0.15) is 0 Å². The SMILES string of the molecule is CC(C)N1N=C(O[C@@H]2C[C@H]3C(=O)C[C@]4(C(=O)NS(=O)(=O)C5(C)CC5)C[C@H]4/C=C\CC[C@@H](C)C[C@@H](C)[C@H](CC(=O)OC(C)(C)C)C(=O)N3C2)c2ccccc2C1O.CC(C)N1N=C(O[C@@H]2C[C@H]3C(=O)C[C@]4(C(=O)NS(=O)(=O)C5(C)CC5)C[C@H]4/C=C\CC[C@H](C)C[C@@H](C)[C@H](CC(=O)OC(C)(C)C)C(=O)N3C2)c2ccccc2C1O. The van der Waals surface area contributed by atoms with Gasteiger partial charge in [-0.25, -0.2) is 16.8 Å². The van der Waals surface area contributed by atoms with Crippen LogP contribution >= 0.6 is 0 Å². The number of fused-ring (bicyclic) bond motifs is 6. The van der Waals surface area contributed by atoms with Crippen LogP contribution in [0.3, 0.4) is 0 Å². The number of esters is 2. The first kappa shape index (κ1) is 85.3. The van der Waals surface area contributed by atoms with E-state index in [0.29, 0.717) is 86.5 Å². The molecule has 10 aliphatic rings. The van der Waals surface area contributed by atoms with Crippen LogP contribution in [0.25, 0.3) is 0 Å². The maximum atomic E-state index is 14.9. The van der Waals surface area contributed by atoms with Gasteiger partial charge in [0.05, 0.1) is 70.2 Å². The Balaban J connectivity index is 0.000000221. The van der Waals surface area contributed by atoms with E-state index in [9.17, 15) is 65.4 Å². The fraction of sp³-hybridized carbons (Fsp3) is 0.690. The number of ketones is 2. The Labute approximate surface area is 661 Å². The molecule has 2 aromatic carbocycles. The molecule has 12 rings (SSSR count). The second-order valence-electron chi connectivity index (χ2n) is 37.1. The van der Waals surface area contributed by atoms with Gasteiger partial charge in [0.25, 0.3) is 0 Å². The molecule has 112 heavy (non-hydrogen) atoms. The van der Waals surface area contributed by atoms with E-state index in [4.69, 9.17) is 18.9 Å². The van der Waals surface area contributed by atoms with E-state index in [1.54, 1.807) is 89.7 Å². The number of carbonyl (C=O) groups excluding carboxylic acids is 8. The van der Waals surface area contributed by atoms with E-state index >= 15 is 0 Å². The number of nitrogens with one attached hydrogen (secondary N) is 2. The number of benzene rings is 2. The topological polar surface area (TPSA) is 344 Å². The summed E-state index contributed by atoms with van der Waals surface area (Å²) in [7, 11) is -7.93.